The Hall–Kier alpha value is -1.92. The number of aliphatic hydroxyl groups excluding tert-OH is 2. The highest BCUT2D eigenvalue weighted by Crippen LogP contribution is 2.19. The summed E-state index contributed by atoms with van der Waals surface area (Å²) < 4.78 is 5.94. The third-order valence-corrected chi connectivity index (χ3v) is 12.3. The van der Waals surface area contributed by atoms with Gasteiger partial charge in [0.05, 0.1) is 25.2 Å². The fraction of sp³-hybridized carbons (Fsp3) is 0.855. The molecule has 358 valence electrons. The van der Waals surface area contributed by atoms with Gasteiger partial charge in [-0.2, -0.15) is 0 Å². The predicted molar refractivity (Wildman–Crippen MR) is 264 cm³/mol. The maximum absolute atomic E-state index is 13.2. The van der Waals surface area contributed by atoms with Crippen LogP contribution in [0.25, 0.3) is 0 Å². The van der Waals surface area contributed by atoms with Gasteiger partial charge in [0, 0.05) is 6.42 Å². The number of nitrogens with one attached hydrogen (secondary N) is 1. The molecule has 3 atom stereocenters. The standard InChI is InChI=1S/C55H103NO5/c1-4-7-10-13-16-19-22-25-26-27-30-31-34-37-40-43-46-51(61-55(60)48-45-42-39-36-33-29-24-21-18-15-12-9-6-3)49-54(59)56-52(50-57)53(58)47-44-41-38-35-32-28-23-20-17-14-11-8-5-2/h9,12,15,18,21,24,51-53,57-58H,4-8,10-11,13-14,16-17,19-20,22-23,25-50H2,1-3H3,(H,56,59)/b12-9+,18-15+,24-21-. The molecule has 6 nitrogen and oxygen atoms in total. The molecule has 61 heavy (non-hydrogen) atoms. The number of rotatable bonds is 48. The Morgan fingerprint density at radius 3 is 1.33 bits per heavy atom. The minimum Gasteiger partial charge on any atom is -0.462 e. The summed E-state index contributed by atoms with van der Waals surface area (Å²) >= 11 is 0. The monoisotopic (exact) mass is 858 g/mol. The zero-order chi connectivity index (χ0) is 44.5. The Morgan fingerprint density at radius 2 is 0.885 bits per heavy atom. The van der Waals surface area contributed by atoms with Crippen LogP contribution in [0, 0.1) is 0 Å². The second-order valence-corrected chi connectivity index (χ2v) is 18.3. The smallest absolute Gasteiger partial charge is 0.306 e. The van der Waals surface area contributed by atoms with Crippen molar-refractivity contribution in [1.29, 1.82) is 0 Å². The van der Waals surface area contributed by atoms with E-state index in [9.17, 15) is 19.8 Å². The molecular weight excluding hydrogens is 755 g/mol. The SMILES string of the molecule is CC/C=C/C=C/C=C\CCCCCCCC(=O)OC(CCCCCCCCCCCCCCCCCC)CC(=O)NC(CO)C(O)CCCCCCCCCCCCCCC. The van der Waals surface area contributed by atoms with Crippen LogP contribution >= 0.6 is 0 Å². The zero-order valence-electron chi connectivity index (χ0n) is 40.8. The summed E-state index contributed by atoms with van der Waals surface area (Å²) in [4.78, 5) is 26.2. The molecule has 0 bridgehead atoms. The maximum atomic E-state index is 13.2. The van der Waals surface area contributed by atoms with Gasteiger partial charge in [0.1, 0.15) is 6.10 Å². The molecule has 0 aromatic carbocycles. The van der Waals surface area contributed by atoms with E-state index in [0.717, 1.165) is 70.6 Å². The van der Waals surface area contributed by atoms with Crippen molar-refractivity contribution >= 4 is 11.9 Å². The van der Waals surface area contributed by atoms with E-state index < -0.39 is 18.2 Å². The molecule has 0 aliphatic rings. The third-order valence-electron chi connectivity index (χ3n) is 12.3. The van der Waals surface area contributed by atoms with Crippen molar-refractivity contribution in [2.45, 2.75) is 296 Å². The van der Waals surface area contributed by atoms with Gasteiger partial charge in [-0.1, -0.05) is 256 Å². The first-order valence-corrected chi connectivity index (χ1v) is 26.7. The lowest BCUT2D eigenvalue weighted by atomic mass is 10.0. The summed E-state index contributed by atoms with van der Waals surface area (Å²) in [5, 5.41) is 23.8. The average Bonchev–Trinajstić information content (AvgIpc) is 3.25. The fourth-order valence-electron chi connectivity index (χ4n) is 8.26. The number of amides is 1. The van der Waals surface area contributed by atoms with Gasteiger partial charge >= 0.3 is 5.97 Å². The van der Waals surface area contributed by atoms with E-state index >= 15 is 0 Å². The maximum Gasteiger partial charge on any atom is 0.306 e. The van der Waals surface area contributed by atoms with Gasteiger partial charge in [0.15, 0.2) is 0 Å². The number of hydrogen-bond donors (Lipinski definition) is 3. The van der Waals surface area contributed by atoms with Crippen LogP contribution in [0.3, 0.4) is 0 Å². The summed E-state index contributed by atoms with van der Waals surface area (Å²) in [6, 6.07) is -0.702. The van der Waals surface area contributed by atoms with Crippen molar-refractivity contribution in [3.05, 3.63) is 36.5 Å². The molecule has 1 amide bonds. The Bertz CT molecular complexity index is 1010. The van der Waals surface area contributed by atoms with E-state index in [1.165, 1.54) is 161 Å². The Morgan fingerprint density at radius 1 is 0.492 bits per heavy atom. The van der Waals surface area contributed by atoms with Crippen LogP contribution in [0.1, 0.15) is 278 Å². The zero-order valence-corrected chi connectivity index (χ0v) is 40.8. The molecule has 0 spiro atoms. The number of aliphatic hydroxyl groups is 2. The number of allylic oxidation sites excluding steroid dienone is 6. The molecule has 0 aromatic rings. The lowest BCUT2D eigenvalue weighted by molar-refractivity contribution is -0.151. The van der Waals surface area contributed by atoms with Gasteiger partial charge in [-0.25, -0.2) is 0 Å². The van der Waals surface area contributed by atoms with E-state index in [2.05, 4.69) is 62.5 Å². The van der Waals surface area contributed by atoms with Crippen molar-refractivity contribution in [2.24, 2.45) is 0 Å². The van der Waals surface area contributed by atoms with Crippen LogP contribution in [-0.4, -0.2) is 46.9 Å². The molecule has 3 N–H and O–H groups in total. The first-order valence-electron chi connectivity index (χ1n) is 26.7. The van der Waals surface area contributed by atoms with Crippen molar-refractivity contribution in [1.82, 2.24) is 5.32 Å². The molecule has 6 heteroatoms. The number of carbonyl (C=O) groups excluding carboxylic acids is 2. The van der Waals surface area contributed by atoms with E-state index in [-0.39, 0.29) is 24.9 Å². The number of esters is 1. The third kappa shape index (κ3) is 44.5. The molecule has 0 rings (SSSR count). The Balaban J connectivity index is 4.57. The van der Waals surface area contributed by atoms with Gasteiger partial charge in [-0.05, 0) is 44.9 Å². The van der Waals surface area contributed by atoms with Crippen LogP contribution < -0.4 is 5.32 Å². The van der Waals surface area contributed by atoms with E-state index in [1.807, 2.05) is 0 Å². The van der Waals surface area contributed by atoms with E-state index in [1.54, 1.807) is 0 Å². The van der Waals surface area contributed by atoms with Crippen LogP contribution in [0.2, 0.25) is 0 Å². The van der Waals surface area contributed by atoms with Gasteiger partial charge < -0.3 is 20.3 Å². The van der Waals surface area contributed by atoms with E-state index in [0.29, 0.717) is 19.3 Å². The largest absolute Gasteiger partial charge is 0.462 e. The average molecular weight is 858 g/mol. The van der Waals surface area contributed by atoms with Crippen molar-refractivity contribution < 1.29 is 24.5 Å². The molecule has 0 saturated carbocycles. The summed E-state index contributed by atoms with van der Waals surface area (Å²) in [7, 11) is 0. The molecule has 0 aliphatic carbocycles. The van der Waals surface area contributed by atoms with Crippen LogP contribution in [0.4, 0.5) is 0 Å². The highest BCUT2D eigenvalue weighted by Gasteiger charge is 2.24. The van der Waals surface area contributed by atoms with Crippen molar-refractivity contribution in [2.75, 3.05) is 6.61 Å². The van der Waals surface area contributed by atoms with Crippen molar-refractivity contribution in [3.8, 4) is 0 Å². The lowest BCUT2D eigenvalue weighted by Crippen LogP contribution is -2.46. The Kier molecular flexibility index (Phi) is 47.6. The molecule has 0 heterocycles. The molecule has 0 aromatic heterocycles. The normalized spacial score (nSPS) is 13.5. The lowest BCUT2D eigenvalue weighted by Gasteiger charge is -2.24. The number of carbonyl (C=O) groups is 2. The van der Waals surface area contributed by atoms with Gasteiger partial charge in [0.25, 0.3) is 0 Å². The minimum atomic E-state index is -0.788. The summed E-state index contributed by atoms with van der Waals surface area (Å²) in [6.07, 6.45) is 57.8. The highest BCUT2D eigenvalue weighted by molar-refractivity contribution is 5.77. The van der Waals surface area contributed by atoms with Gasteiger partial charge in [-0.15, -0.1) is 0 Å². The minimum absolute atomic E-state index is 0.0734. The molecular formula is C55H103NO5. The molecule has 3 unspecified atom stereocenters. The number of ether oxygens (including phenoxy) is 1. The first kappa shape index (κ1) is 59.1. The van der Waals surface area contributed by atoms with Crippen molar-refractivity contribution in [3.63, 3.8) is 0 Å². The molecule has 0 saturated heterocycles. The second-order valence-electron chi connectivity index (χ2n) is 18.3. The number of unbranched alkanes of at least 4 members (excludes halogenated alkanes) is 32. The van der Waals surface area contributed by atoms with Crippen LogP contribution in [0.15, 0.2) is 36.5 Å². The van der Waals surface area contributed by atoms with E-state index in [4.69, 9.17) is 4.74 Å². The molecule has 0 fully saturated rings. The quantitative estimate of drug-likeness (QED) is 0.0322. The first-order chi connectivity index (χ1) is 30.0. The summed E-state index contributed by atoms with van der Waals surface area (Å²) in [5.74, 6) is -0.484. The second kappa shape index (κ2) is 49.1. The molecule has 0 radical (unpaired) electrons. The number of hydrogen-bond acceptors (Lipinski definition) is 5. The molecule has 0 aliphatic heterocycles. The Labute approximate surface area is 379 Å². The van der Waals surface area contributed by atoms with Gasteiger partial charge in [0.2, 0.25) is 5.91 Å². The topological polar surface area (TPSA) is 95.9 Å². The highest BCUT2D eigenvalue weighted by atomic mass is 16.5. The van der Waals surface area contributed by atoms with Crippen LogP contribution in [-0.2, 0) is 14.3 Å². The fourth-order valence-corrected chi connectivity index (χ4v) is 8.26. The summed E-state index contributed by atoms with van der Waals surface area (Å²) in [6.45, 7) is 6.37. The van der Waals surface area contributed by atoms with Gasteiger partial charge in [-0.3, -0.25) is 9.59 Å². The summed E-state index contributed by atoms with van der Waals surface area (Å²) in [5.41, 5.74) is 0. The van der Waals surface area contributed by atoms with Crippen LogP contribution in [0.5, 0.6) is 0 Å². The predicted octanol–water partition coefficient (Wildman–Crippen LogP) is 16.1.